The van der Waals surface area contributed by atoms with Crippen LogP contribution in [-0.2, 0) is 0 Å². The Morgan fingerprint density at radius 3 is 2.46 bits per heavy atom. The normalized spacial score (nSPS) is 15.7. The van der Waals surface area contributed by atoms with E-state index in [9.17, 15) is 4.79 Å². The molecule has 28 heavy (non-hydrogen) atoms. The summed E-state index contributed by atoms with van der Waals surface area (Å²) in [5.41, 5.74) is 1.94. The minimum Gasteiger partial charge on any atom is -0.352 e. The highest BCUT2D eigenvalue weighted by Gasteiger charge is 2.21. The number of piperazine rings is 1. The number of likely N-dealkylation sites (N-methyl/N-ethyl adjacent to an activating group) is 1. The minimum absolute atomic E-state index is 0.152. The molecule has 1 aromatic heterocycles. The molecule has 0 unspecified atom stereocenters. The molecule has 7 heteroatoms. The number of aromatic nitrogens is 2. The maximum absolute atomic E-state index is 12.6. The van der Waals surface area contributed by atoms with Crippen molar-refractivity contribution in [2.75, 3.05) is 45.8 Å². The first-order chi connectivity index (χ1) is 13.6. The number of halogens is 1. The quantitative estimate of drug-likeness (QED) is 0.688. The van der Waals surface area contributed by atoms with E-state index in [1.807, 2.05) is 37.3 Å². The third-order valence-electron chi connectivity index (χ3n) is 5.33. The number of benzene rings is 1. The van der Waals surface area contributed by atoms with Gasteiger partial charge in [0.25, 0.3) is 5.91 Å². The molecule has 0 radical (unpaired) electrons. The fourth-order valence-electron chi connectivity index (χ4n) is 3.58. The summed E-state index contributed by atoms with van der Waals surface area (Å²) in [5, 5.41) is 7.79. The molecule has 1 aromatic carbocycles. The van der Waals surface area contributed by atoms with E-state index < -0.39 is 0 Å². The maximum atomic E-state index is 12.6. The molecule has 0 spiro atoms. The molecule has 1 fully saturated rings. The summed E-state index contributed by atoms with van der Waals surface area (Å²) < 4.78 is 1.61. The van der Waals surface area contributed by atoms with Crippen LogP contribution in [0, 0.1) is 6.92 Å². The first-order valence-corrected chi connectivity index (χ1v) is 10.5. The number of nitrogens with zero attached hydrogens (tertiary/aromatic N) is 4. The molecular formula is C21H30ClN5O. The second-order valence-corrected chi connectivity index (χ2v) is 7.60. The van der Waals surface area contributed by atoms with E-state index in [0.717, 1.165) is 57.8 Å². The molecular weight excluding hydrogens is 374 g/mol. The van der Waals surface area contributed by atoms with Crippen LogP contribution < -0.4 is 5.32 Å². The fourth-order valence-corrected chi connectivity index (χ4v) is 3.94. The van der Waals surface area contributed by atoms with Crippen molar-refractivity contribution >= 4 is 17.5 Å². The molecule has 1 N–H and O–H groups in total. The molecule has 3 rings (SSSR count). The first kappa shape index (κ1) is 20.8. The van der Waals surface area contributed by atoms with Crippen molar-refractivity contribution < 1.29 is 4.79 Å². The SMILES string of the molecule is CCN1CCN(CCCCNC(=O)c2c(C)nn(-c3ccccc3)c2Cl)CC1. The summed E-state index contributed by atoms with van der Waals surface area (Å²) in [6, 6.07) is 9.61. The molecule has 1 aliphatic rings. The van der Waals surface area contributed by atoms with Crippen molar-refractivity contribution in [2.24, 2.45) is 0 Å². The molecule has 0 aliphatic carbocycles. The van der Waals surface area contributed by atoms with Crippen molar-refractivity contribution in [3.8, 4) is 5.69 Å². The Hall–Kier alpha value is -1.89. The first-order valence-electron chi connectivity index (χ1n) is 10.1. The molecule has 0 saturated carbocycles. The highest BCUT2D eigenvalue weighted by Crippen LogP contribution is 2.23. The molecule has 0 bridgehead atoms. The number of hydrogen-bond donors (Lipinski definition) is 1. The number of hydrogen-bond acceptors (Lipinski definition) is 4. The Kier molecular flexibility index (Phi) is 7.48. The lowest BCUT2D eigenvalue weighted by Crippen LogP contribution is -2.46. The van der Waals surface area contributed by atoms with Gasteiger partial charge >= 0.3 is 0 Å². The van der Waals surface area contributed by atoms with E-state index in [0.29, 0.717) is 23.0 Å². The van der Waals surface area contributed by atoms with Crippen LogP contribution in [0.15, 0.2) is 30.3 Å². The minimum atomic E-state index is -0.152. The van der Waals surface area contributed by atoms with Gasteiger partial charge in [0.15, 0.2) is 0 Å². The average Bonchev–Trinajstić information content (AvgIpc) is 3.03. The van der Waals surface area contributed by atoms with Gasteiger partial charge in [-0.3, -0.25) is 4.79 Å². The van der Waals surface area contributed by atoms with Gasteiger partial charge in [0.05, 0.1) is 16.9 Å². The third kappa shape index (κ3) is 5.13. The number of para-hydroxylation sites is 1. The number of unbranched alkanes of at least 4 members (excludes halogenated alkanes) is 1. The average molecular weight is 404 g/mol. The van der Waals surface area contributed by atoms with Gasteiger partial charge in [0.1, 0.15) is 5.15 Å². The van der Waals surface area contributed by atoms with Crippen LogP contribution in [0.1, 0.15) is 35.8 Å². The van der Waals surface area contributed by atoms with Gasteiger partial charge < -0.3 is 15.1 Å². The number of amides is 1. The summed E-state index contributed by atoms with van der Waals surface area (Å²) in [7, 11) is 0. The zero-order valence-corrected chi connectivity index (χ0v) is 17.6. The highest BCUT2D eigenvalue weighted by atomic mass is 35.5. The Balaban J connectivity index is 1.45. The number of carbonyl (C=O) groups excluding carboxylic acids is 1. The smallest absolute Gasteiger partial charge is 0.256 e. The molecule has 152 valence electrons. The van der Waals surface area contributed by atoms with E-state index in [2.05, 4.69) is 27.1 Å². The molecule has 1 aliphatic heterocycles. The third-order valence-corrected chi connectivity index (χ3v) is 5.68. The molecule has 0 atom stereocenters. The van der Waals surface area contributed by atoms with Crippen LogP contribution in [0.3, 0.4) is 0 Å². The molecule has 2 aromatic rings. The summed E-state index contributed by atoms with van der Waals surface area (Å²) in [6.07, 6.45) is 2.05. The maximum Gasteiger partial charge on any atom is 0.256 e. The van der Waals surface area contributed by atoms with Crippen molar-refractivity contribution in [1.82, 2.24) is 24.9 Å². The van der Waals surface area contributed by atoms with E-state index in [1.165, 1.54) is 0 Å². The predicted octanol–water partition coefficient (Wildman–Crippen LogP) is 2.98. The van der Waals surface area contributed by atoms with E-state index in [-0.39, 0.29) is 5.91 Å². The zero-order valence-electron chi connectivity index (χ0n) is 16.8. The summed E-state index contributed by atoms with van der Waals surface area (Å²) in [4.78, 5) is 17.6. The summed E-state index contributed by atoms with van der Waals surface area (Å²) in [6.45, 7) is 11.5. The summed E-state index contributed by atoms with van der Waals surface area (Å²) >= 11 is 6.45. The van der Waals surface area contributed by atoms with E-state index in [1.54, 1.807) is 4.68 Å². The van der Waals surface area contributed by atoms with Gasteiger partial charge in [0, 0.05) is 32.7 Å². The zero-order chi connectivity index (χ0) is 19.9. The predicted molar refractivity (Wildman–Crippen MR) is 113 cm³/mol. The van der Waals surface area contributed by atoms with Crippen LogP contribution in [0.5, 0.6) is 0 Å². The highest BCUT2D eigenvalue weighted by molar-refractivity contribution is 6.33. The number of carbonyl (C=O) groups is 1. The lowest BCUT2D eigenvalue weighted by Gasteiger charge is -2.33. The largest absolute Gasteiger partial charge is 0.352 e. The van der Waals surface area contributed by atoms with Crippen molar-refractivity contribution in [3.05, 3.63) is 46.7 Å². The molecule has 6 nitrogen and oxygen atoms in total. The monoisotopic (exact) mass is 403 g/mol. The fraction of sp³-hybridized carbons (Fsp3) is 0.524. The van der Waals surface area contributed by atoms with Crippen LogP contribution in [0.2, 0.25) is 5.15 Å². The topological polar surface area (TPSA) is 53.4 Å². The van der Waals surface area contributed by atoms with Gasteiger partial charge in [0.2, 0.25) is 0 Å². The molecule has 1 saturated heterocycles. The van der Waals surface area contributed by atoms with Gasteiger partial charge in [-0.15, -0.1) is 0 Å². The van der Waals surface area contributed by atoms with Crippen LogP contribution in [0.4, 0.5) is 0 Å². The second kappa shape index (κ2) is 10.0. The molecule has 2 heterocycles. The number of nitrogens with one attached hydrogen (secondary N) is 1. The van der Waals surface area contributed by atoms with Gasteiger partial charge in [-0.05, 0) is 45.0 Å². The Morgan fingerprint density at radius 1 is 1.11 bits per heavy atom. The standard InChI is InChI=1S/C21H30ClN5O/c1-3-25-13-15-26(16-14-25)12-8-7-11-23-21(28)19-17(2)24-27(20(19)22)18-9-5-4-6-10-18/h4-6,9-10H,3,7-8,11-16H2,1-2H3,(H,23,28). The van der Waals surface area contributed by atoms with Gasteiger partial charge in [-0.2, -0.15) is 5.10 Å². The van der Waals surface area contributed by atoms with Gasteiger partial charge in [-0.1, -0.05) is 36.7 Å². The second-order valence-electron chi connectivity index (χ2n) is 7.24. The van der Waals surface area contributed by atoms with E-state index in [4.69, 9.17) is 11.6 Å². The van der Waals surface area contributed by atoms with Crippen LogP contribution in [-0.4, -0.2) is 71.3 Å². The Morgan fingerprint density at radius 2 is 1.79 bits per heavy atom. The summed E-state index contributed by atoms with van der Waals surface area (Å²) in [5.74, 6) is -0.152. The van der Waals surface area contributed by atoms with Crippen LogP contribution in [0.25, 0.3) is 5.69 Å². The Labute approximate surface area is 172 Å². The van der Waals surface area contributed by atoms with Crippen molar-refractivity contribution in [3.63, 3.8) is 0 Å². The molecule has 1 amide bonds. The van der Waals surface area contributed by atoms with Crippen molar-refractivity contribution in [2.45, 2.75) is 26.7 Å². The van der Waals surface area contributed by atoms with Crippen molar-refractivity contribution in [1.29, 1.82) is 0 Å². The van der Waals surface area contributed by atoms with E-state index >= 15 is 0 Å². The lowest BCUT2D eigenvalue weighted by atomic mass is 10.2. The number of aryl methyl sites for hydroxylation is 1. The lowest BCUT2D eigenvalue weighted by molar-refractivity contribution is 0.0951. The van der Waals surface area contributed by atoms with Gasteiger partial charge in [-0.25, -0.2) is 4.68 Å². The van der Waals surface area contributed by atoms with Crippen LogP contribution >= 0.6 is 11.6 Å². The Bertz CT molecular complexity index is 769. The number of rotatable bonds is 8.